The van der Waals surface area contributed by atoms with E-state index in [-0.39, 0.29) is 5.91 Å². The van der Waals surface area contributed by atoms with Crippen LogP contribution in [0.4, 0.5) is 5.69 Å². The van der Waals surface area contributed by atoms with Gasteiger partial charge in [-0.25, -0.2) is 4.98 Å². The van der Waals surface area contributed by atoms with Crippen molar-refractivity contribution >= 4 is 11.6 Å². The first-order valence-corrected chi connectivity index (χ1v) is 9.76. The van der Waals surface area contributed by atoms with Gasteiger partial charge >= 0.3 is 0 Å². The fraction of sp³-hybridized carbons (Fsp3) is 0.261. The zero-order valence-corrected chi connectivity index (χ0v) is 16.3. The van der Waals surface area contributed by atoms with Crippen LogP contribution in [0.5, 0.6) is 5.75 Å². The van der Waals surface area contributed by atoms with Crippen molar-refractivity contribution in [3.63, 3.8) is 0 Å². The van der Waals surface area contributed by atoms with E-state index in [9.17, 15) is 4.79 Å². The topological polar surface area (TPSA) is 82.0 Å². The zero-order valence-electron chi connectivity index (χ0n) is 16.3. The molecule has 1 unspecified atom stereocenters. The van der Waals surface area contributed by atoms with Gasteiger partial charge in [-0.3, -0.25) is 4.79 Å². The number of aromatic amines is 1. The van der Waals surface area contributed by atoms with Crippen molar-refractivity contribution in [3.05, 3.63) is 77.4 Å². The van der Waals surface area contributed by atoms with Crippen LogP contribution in [0.15, 0.2) is 55.0 Å². The molecule has 2 heterocycles. The molecule has 146 valence electrons. The molecule has 1 aliphatic rings. The maximum atomic E-state index is 13.1. The molecule has 0 saturated carbocycles. The van der Waals surface area contributed by atoms with Crippen molar-refractivity contribution in [2.75, 3.05) is 18.1 Å². The number of carbonyl (C=O) groups is 1. The van der Waals surface area contributed by atoms with Crippen molar-refractivity contribution < 1.29 is 9.53 Å². The van der Waals surface area contributed by atoms with Gasteiger partial charge < -0.3 is 14.6 Å². The summed E-state index contributed by atoms with van der Waals surface area (Å²) < 4.78 is 5.85. The maximum Gasteiger partial charge on any atom is 0.258 e. The van der Waals surface area contributed by atoms with Crippen molar-refractivity contribution in [1.29, 1.82) is 5.26 Å². The van der Waals surface area contributed by atoms with Gasteiger partial charge in [0.25, 0.3) is 5.91 Å². The molecule has 4 rings (SSSR count). The lowest BCUT2D eigenvalue weighted by molar-refractivity contribution is 0.0988. The monoisotopic (exact) mass is 386 g/mol. The van der Waals surface area contributed by atoms with Gasteiger partial charge in [0.2, 0.25) is 0 Å². The number of hydrogen-bond acceptors (Lipinski definition) is 4. The Morgan fingerprint density at radius 2 is 2.14 bits per heavy atom. The quantitative estimate of drug-likeness (QED) is 0.717. The van der Waals surface area contributed by atoms with Gasteiger partial charge in [0.1, 0.15) is 5.75 Å². The van der Waals surface area contributed by atoms with Crippen LogP contribution in [0.25, 0.3) is 0 Å². The number of ether oxygens (including phenoxy) is 1. The summed E-state index contributed by atoms with van der Waals surface area (Å²) in [5.41, 5.74) is 4.08. The van der Waals surface area contributed by atoms with Crippen LogP contribution in [0.2, 0.25) is 0 Å². The van der Waals surface area contributed by atoms with Crippen LogP contribution in [-0.4, -0.2) is 29.0 Å². The third-order valence-electron chi connectivity index (χ3n) is 5.30. The summed E-state index contributed by atoms with van der Waals surface area (Å²) in [6.07, 6.45) is 5.37. The van der Waals surface area contributed by atoms with Crippen molar-refractivity contribution in [2.45, 2.75) is 25.7 Å². The second kappa shape index (κ2) is 8.19. The minimum Gasteiger partial charge on any atom is -0.493 e. The van der Waals surface area contributed by atoms with E-state index < -0.39 is 0 Å². The first-order chi connectivity index (χ1) is 14.2. The number of nitrogens with one attached hydrogen (secondary N) is 1. The number of fused-ring (bicyclic) bond motifs is 1. The number of imidazole rings is 1. The summed E-state index contributed by atoms with van der Waals surface area (Å²) in [4.78, 5) is 22.2. The number of hydrogen-bond donors (Lipinski definition) is 1. The lowest BCUT2D eigenvalue weighted by Crippen LogP contribution is -2.31. The normalized spacial score (nSPS) is 15.1. The molecular weight excluding hydrogens is 364 g/mol. The molecule has 0 aliphatic carbocycles. The number of nitrogens with zero attached hydrogens (tertiary/aromatic N) is 3. The van der Waals surface area contributed by atoms with E-state index in [4.69, 9.17) is 10.00 Å². The van der Waals surface area contributed by atoms with Crippen LogP contribution >= 0.6 is 0 Å². The molecule has 0 saturated heterocycles. The average molecular weight is 386 g/mol. The SMILES string of the molecule is CCN(C(=O)c1ccc(C#N)cc1)c1ccc2c(c1)C(Cc1c[nH]cn1)CCO2. The molecule has 6 heteroatoms. The van der Waals surface area contributed by atoms with Crippen LogP contribution < -0.4 is 9.64 Å². The van der Waals surface area contributed by atoms with Gasteiger partial charge in [0.05, 0.1) is 30.3 Å². The fourth-order valence-electron chi connectivity index (χ4n) is 3.77. The highest BCUT2D eigenvalue weighted by Crippen LogP contribution is 2.38. The highest BCUT2D eigenvalue weighted by atomic mass is 16.5. The Labute approximate surface area is 169 Å². The smallest absolute Gasteiger partial charge is 0.258 e. The second-order valence-corrected chi connectivity index (χ2v) is 7.06. The summed E-state index contributed by atoms with van der Waals surface area (Å²) in [5, 5.41) is 8.97. The largest absolute Gasteiger partial charge is 0.493 e. The van der Waals surface area contributed by atoms with Crippen molar-refractivity contribution in [1.82, 2.24) is 9.97 Å². The lowest BCUT2D eigenvalue weighted by Gasteiger charge is -2.28. The number of H-pyrrole nitrogens is 1. The molecule has 29 heavy (non-hydrogen) atoms. The van der Waals surface area contributed by atoms with Crippen LogP contribution in [-0.2, 0) is 6.42 Å². The van der Waals surface area contributed by atoms with Gasteiger partial charge in [0, 0.05) is 24.0 Å². The fourth-order valence-corrected chi connectivity index (χ4v) is 3.77. The Bertz CT molecular complexity index is 1040. The number of nitriles is 1. The summed E-state index contributed by atoms with van der Waals surface area (Å²) in [6, 6.07) is 14.8. The Kier molecular flexibility index (Phi) is 5.30. The third-order valence-corrected chi connectivity index (χ3v) is 5.30. The first kappa shape index (κ1) is 18.8. The molecule has 1 amide bonds. The molecule has 6 nitrogen and oxygen atoms in total. The summed E-state index contributed by atoms with van der Waals surface area (Å²) in [7, 11) is 0. The number of anilines is 1. The van der Waals surface area contributed by atoms with Crippen molar-refractivity contribution in [3.8, 4) is 11.8 Å². The number of rotatable bonds is 5. The second-order valence-electron chi connectivity index (χ2n) is 7.06. The number of benzene rings is 2. The van der Waals surface area contributed by atoms with E-state index in [1.54, 1.807) is 35.5 Å². The molecule has 1 N–H and O–H groups in total. The van der Waals surface area contributed by atoms with Gasteiger partial charge in [-0.2, -0.15) is 5.26 Å². The van der Waals surface area contributed by atoms with E-state index in [0.717, 1.165) is 35.5 Å². The molecule has 1 aromatic heterocycles. The van der Waals surface area contributed by atoms with E-state index in [1.165, 1.54) is 0 Å². The van der Waals surface area contributed by atoms with Gasteiger partial charge in [-0.15, -0.1) is 0 Å². The molecule has 0 radical (unpaired) electrons. The zero-order chi connectivity index (χ0) is 20.2. The third kappa shape index (κ3) is 3.85. The number of amides is 1. The molecule has 0 bridgehead atoms. The van der Waals surface area contributed by atoms with Gasteiger partial charge in [-0.1, -0.05) is 0 Å². The molecule has 0 fully saturated rings. The molecule has 0 spiro atoms. The molecular formula is C23H22N4O2. The van der Waals surface area contributed by atoms with E-state index in [0.29, 0.717) is 30.2 Å². The molecule has 1 aliphatic heterocycles. The average Bonchev–Trinajstić information content (AvgIpc) is 3.28. The highest BCUT2D eigenvalue weighted by Gasteiger charge is 2.25. The Morgan fingerprint density at radius 3 is 2.83 bits per heavy atom. The van der Waals surface area contributed by atoms with E-state index in [1.807, 2.05) is 25.3 Å². The summed E-state index contributed by atoms with van der Waals surface area (Å²) in [6.45, 7) is 3.18. The standard InChI is InChI=1S/C23H22N4O2/c1-2-27(23(28)17-5-3-16(13-24)4-6-17)20-7-8-22-21(12-20)18(9-10-29-22)11-19-14-25-15-26-19/h3-8,12,14-15,18H,2,9-11H2,1H3,(H,25,26). The number of aromatic nitrogens is 2. The Balaban J connectivity index is 1.63. The van der Waals surface area contributed by atoms with E-state index >= 15 is 0 Å². The highest BCUT2D eigenvalue weighted by molar-refractivity contribution is 6.06. The Morgan fingerprint density at radius 1 is 1.31 bits per heavy atom. The molecule has 2 aromatic carbocycles. The van der Waals surface area contributed by atoms with Crippen LogP contribution in [0, 0.1) is 11.3 Å². The lowest BCUT2D eigenvalue weighted by atomic mass is 9.89. The van der Waals surface area contributed by atoms with Crippen molar-refractivity contribution in [2.24, 2.45) is 0 Å². The number of carbonyl (C=O) groups excluding carboxylic acids is 1. The Hall–Kier alpha value is -3.59. The predicted molar refractivity (Wildman–Crippen MR) is 110 cm³/mol. The van der Waals surface area contributed by atoms with Crippen LogP contribution in [0.3, 0.4) is 0 Å². The first-order valence-electron chi connectivity index (χ1n) is 9.76. The summed E-state index contributed by atoms with van der Waals surface area (Å²) in [5.74, 6) is 1.09. The predicted octanol–water partition coefficient (Wildman–Crippen LogP) is 4.06. The maximum absolute atomic E-state index is 13.1. The van der Waals surface area contributed by atoms with Gasteiger partial charge in [-0.05, 0) is 73.7 Å². The molecule has 3 aromatic rings. The minimum atomic E-state index is -0.0856. The van der Waals surface area contributed by atoms with Gasteiger partial charge in [0.15, 0.2) is 0 Å². The summed E-state index contributed by atoms with van der Waals surface area (Å²) >= 11 is 0. The van der Waals surface area contributed by atoms with Crippen LogP contribution in [0.1, 0.15) is 46.4 Å². The molecule has 1 atom stereocenters. The van der Waals surface area contributed by atoms with E-state index in [2.05, 4.69) is 22.1 Å². The minimum absolute atomic E-state index is 0.0856.